The van der Waals surface area contributed by atoms with Crippen LogP contribution in [0.2, 0.25) is 0 Å². The number of aromatic nitrogens is 3. The van der Waals surface area contributed by atoms with Gasteiger partial charge in [0.1, 0.15) is 12.2 Å². The highest BCUT2D eigenvalue weighted by molar-refractivity contribution is 5.89. The summed E-state index contributed by atoms with van der Waals surface area (Å²) < 4.78 is 0. The van der Waals surface area contributed by atoms with Gasteiger partial charge in [-0.2, -0.15) is 5.10 Å². The Labute approximate surface area is 113 Å². The number of H-pyrrole nitrogens is 1. The van der Waals surface area contributed by atoms with E-state index in [1.165, 1.54) is 30.6 Å². The zero-order valence-electron chi connectivity index (χ0n) is 10.5. The summed E-state index contributed by atoms with van der Waals surface area (Å²) in [4.78, 5) is 25.6. The van der Waals surface area contributed by atoms with Crippen molar-refractivity contribution in [3.63, 3.8) is 0 Å². The molecule has 0 saturated heterocycles. The van der Waals surface area contributed by atoms with Crippen molar-refractivity contribution >= 4 is 17.4 Å². The number of carbonyl (C=O) groups excluding carboxylic acids is 1. The maximum atomic E-state index is 11.7. The van der Waals surface area contributed by atoms with Crippen molar-refractivity contribution in [1.82, 2.24) is 20.5 Å². The first-order chi connectivity index (χ1) is 9.56. The number of rotatable bonds is 4. The number of anilines is 1. The molecule has 9 heteroatoms. The van der Waals surface area contributed by atoms with Gasteiger partial charge < -0.3 is 10.6 Å². The van der Waals surface area contributed by atoms with Gasteiger partial charge in [0.25, 0.3) is 5.69 Å². The molecule has 3 N–H and O–H groups in total. The number of nitro benzene ring substituents is 1. The molecule has 0 aliphatic carbocycles. The Morgan fingerprint density at radius 1 is 1.40 bits per heavy atom. The zero-order chi connectivity index (χ0) is 14.5. The van der Waals surface area contributed by atoms with Crippen molar-refractivity contribution in [2.75, 3.05) is 5.32 Å². The Kier molecular flexibility index (Phi) is 3.89. The van der Waals surface area contributed by atoms with Gasteiger partial charge in [0.05, 0.1) is 11.0 Å². The lowest BCUT2D eigenvalue weighted by Crippen LogP contribution is -2.31. The molecule has 0 spiro atoms. The third-order valence-corrected chi connectivity index (χ3v) is 2.53. The maximum Gasteiger partial charge on any atom is 0.319 e. The maximum absolute atomic E-state index is 11.7. The summed E-state index contributed by atoms with van der Waals surface area (Å²) >= 11 is 0. The molecule has 2 amide bonds. The molecule has 0 bridgehead atoms. The van der Waals surface area contributed by atoms with Crippen LogP contribution >= 0.6 is 0 Å². The lowest BCUT2D eigenvalue weighted by atomic mass is 10.3. The molecule has 104 valence electrons. The molecule has 1 atom stereocenters. The zero-order valence-corrected chi connectivity index (χ0v) is 10.5. The smallest absolute Gasteiger partial charge is 0.319 e. The van der Waals surface area contributed by atoms with E-state index in [0.717, 1.165) is 0 Å². The Balaban J connectivity index is 1.92. The van der Waals surface area contributed by atoms with Gasteiger partial charge in [0.2, 0.25) is 0 Å². The van der Waals surface area contributed by atoms with Crippen LogP contribution in [-0.2, 0) is 0 Å². The third-order valence-electron chi connectivity index (χ3n) is 2.53. The molecule has 0 saturated carbocycles. The second-order valence-corrected chi connectivity index (χ2v) is 3.99. The summed E-state index contributed by atoms with van der Waals surface area (Å²) in [6, 6.07) is 4.76. The number of hydrogen-bond acceptors (Lipinski definition) is 5. The Morgan fingerprint density at radius 2 is 2.10 bits per heavy atom. The van der Waals surface area contributed by atoms with Gasteiger partial charge in [-0.25, -0.2) is 9.78 Å². The van der Waals surface area contributed by atoms with E-state index in [2.05, 4.69) is 25.8 Å². The molecule has 1 aromatic heterocycles. The molecule has 9 nitrogen and oxygen atoms in total. The van der Waals surface area contributed by atoms with E-state index in [-0.39, 0.29) is 11.7 Å². The number of amides is 2. The summed E-state index contributed by atoms with van der Waals surface area (Å²) in [6.07, 6.45) is 1.35. The van der Waals surface area contributed by atoms with E-state index in [0.29, 0.717) is 11.5 Å². The van der Waals surface area contributed by atoms with Gasteiger partial charge in [0.15, 0.2) is 0 Å². The molecule has 1 heterocycles. The minimum absolute atomic E-state index is 0.0361. The summed E-state index contributed by atoms with van der Waals surface area (Å²) in [5.74, 6) is 0.531. The quantitative estimate of drug-likeness (QED) is 0.577. The van der Waals surface area contributed by atoms with Gasteiger partial charge in [0, 0.05) is 17.8 Å². The molecular weight excluding hydrogens is 264 g/mol. The minimum Gasteiger partial charge on any atom is -0.328 e. The summed E-state index contributed by atoms with van der Waals surface area (Å²) in [5, 5.41) is 22.1. The number of aromatic amines is 1. The number of carbonyl (C=O) groups is 1. The highest BCUT2D eigenvalue weighted by Gasteiger charge is 2.12. The molecule has 0 aliphatic heterocycles. The highest BCUT2D eigenvalue weighted by atomic mass is 16.6. The van der Waals surface area contributed by atoms with E-state index >= 15 is 0 Å². The average Bonchev–Trinajstić information content (AvgIpc) is 2.93. The molecule has 20 heavy (non-hydrogen) atoms. The Bertz CT molecular complexity index is 595. The lowest BCUT2D eigenvalue weighted by molar-refractivity contribution is -0.384. The van der Waals surface area contributed by atoms with Gasteiger partial charge in [-0.05, 0) is 19.1 Å². The first-order valence-corrected chi connectivity index (χ1v) is 5.73. The normalized spacial score (nSPS) is 11.7. The molecule has 0 aliphatic rings. The molecule has 0 fully saturated rings. The van der Waals surface area contributed by atoms with Crippen molar-refractivity contribution in [2.45, 2.75) is 13.0 Å². The van der Waals surface area contributed by atoms with E-state index in [1.807, 2.05) is 0 Å². The number of nitro groups is 1. The van der Waals surface area contributed by atoms with Crippen LogP contribution in [0.5, 0.6) is 0 Å². The number of nitrogens with one attached hydrogen (secondary N) is 3. The number of urea groups is 1. The van der Waals surface area contributed by atoms with E-state index < -0.39 is 11.0 Å². The van der Waals surface area contributed by atoms with Gasteiger partial charge in [-0.3, -0.25) is 15.2 Å². The second kappa shape index (κ2) is 5.78. The van der Waals surface area contributed by atoms with Crippen molar-refractivity contribution in [2.24, 2.45) is 0 Å². The Hall–Kier alpha value is -2.97. The topological polar surface area (TPSA) is 126 Å². The molecule has 0 radical (unpaired) electrons. The predicted octanol–water partition coefficient (Wildman–Crippen LogP) is 1.60. The largest absolute Gasteiger partial charge is 0.328 e. The van der Waals surface area contributed by atoms with Crippen LogP contribution in [0, 0.1) is 10.1 Å². The fourth-order valence-electron chi connectivity index (χ4n) is 1.52. The minimum atomic E-state index is -0.504. The van der Waals surface area contributed by atoms with E-state index in [1.54, 1.807) is 6.92 Å². The second-order valence-electron chi connectivity index (χ2n) is 3.99. The fourth-order valence-corrected chi connectivity index (χ4v) is 1.52. The fraction of sp³-hybridized carbons (Fsp3) is 0.182. The SMILES string of the molecule is CC(NC(=O)Nc1ccc([N+](=O)[O-])cc1)c1ncn[nH]1. The van der Waals surface area contributed by atoms with Crippen LogP contribution in [0.15, 0.2) is 30.6 Å². The van der Waals surface area contributed by atoms with Gasteiger partial charge >= 0.3 is 6.03 Å². The first kappa shape index (κ1) is 13.5. The van der Waals surface area contributed by atoms with Gasteiger partial charge in [-0.1, -0.05) is 0 Å². The first-order valence-electron chi connectivity index (χ1n) is 5.73. The Morgan fingerprint density at radius 3 is 2.65 bits per heavy atom. The van der Waals surface area contributed by atoms with Crippen LogP contribution in [0.3, 0.4) is 0 Å². The van der Waals surface area contributed by atoms with E-state index in [4.69, 9.17) is 0 Å². The standard InChI is InChI=1S/C11H12N6O3/c1-7(10-12-6-13-16-10)14-11(18)15-8-2-4-9(5-3-8)17(19)20/h2-7H,1H3,(H,12,13,16)(H2,14,15,18). The molecule has 2 rings (SSSR count). The monoisotopic (exact) mass is 276 g/mol. The number of non-ortho nitro benzene ring substituents is 1. The van der Waals surface area contributed by atoms with E-state index in [9.17, 15) is 14.9 Å². The molecule has 1 aromatic carbocycles. The van der Waals surface area contributed by atoms with Crippen molar-refractivity contribution in [1.29, 1.82) is 0 Å². The van der Waals surface area contributed by atoms with Crippen molar-refractivity contribution < 1.29 is 9.72 Å². The summed E-state index contributed by atoms with van der Waals surface area (Å²) in [5.41, 5.74) is 0.420. The number of hydrogen-bond donors (Lipinski definition) is 3. The van der Waals surface area contributed by atoms with Crippen LogP contribution in [0.25, 0.3) is 0 Å². The van der Waals surface area contributed by atoms with Crippen LogP contribution in [0.1, 0.15) is 18.8 Å². The lowest BCUT2D eigenvalue weighted by Gasteiger charge is -2.12. The summed E-state index contributed by atoms with van der Waals surface area (Å²) in [6.45, 7) is 1.75. The number of nitrogens with zero attached hydrogens (tertiary/aromatic N) is 3. The number of benzene rings is 1. The van der Waals surface area contributed by atoms with Crippen LogP contribution in [0.4, 0.5) is 16.2 Å². The molecule has 2 aromatic rings. The van der Waals surface area contributed by atoms with Crippen LogP contribution < -0.4 is 10.6 Å². The molecule has 1 unspecified atom stereocenters. The highest BCUT2D eigenvalue weighted by Crippen LogP contribution is 2.15. The summed E-state index contributed by atoms with van der Waals surface area (Å²) in [7, 11) is 0. The molecular formula is C11H12N6O3. The van der Waals surface area contributed by atoms with Crippen molar-refractivity contribution in [3.05, 3.63) is 46.5 Å². The van der Waals surface area contributed by atoms with Crippen LogP contribution in [-0.4, -0.2) is 26.1 Å². The predicted molar refractivity (Wildman–Crippen MR) is 70.0 cm³/mol. The third kappa shape index (κ3) is 3.28. The average molecular weight is 276 g/mol. The van der Waals surface area contributed by atoms with Gasteiger partial charge in [-0.15, -0.1) is 0 Å². The van der Waals surface area contributed by atoms with Crippen molar-refractivity contribution in [3.8, 4) is 0 Å².